The van der Waals surface area contributed by atoms with Crippen LogP contribution in [0.4, 0.5) is 0 Å². The number of allylic oxidation sites excluding steroid dienone is 1. The minimum absolute atomic E-state index is 0.557. The molecule has 0 saturated heterocycles. The molecule has 0 aromatic carbocycles. The molecule has 0 fully saturated rings. The van der Waals surface area contributed by atoms with E-state index in [4.69, 9.17) is 21.1 Å². The molecule has 3 heteroatoms. The van der Waals surface area contributed by atoms with Gasteiger partial charge in [0.1, 0.15) is 0 Å². The number of hydrogen-bond donors (Lipinski definition) is 0. The third-order valence-electron chi connectivity index (χ3n) is 1.11. The first-order valence-corrected chi connectivity index (χ1v) is 4.23. The van der Waals surface area contributed by atoms with Gasteiger partial charge in [0.25, 0.3) is 0 Å². The standard InChI is InChI=1S/C8H15ClO2/c1-10-6-4-8-11-7-3-2-5-9/h2-3H,4-8H2,1H3. The Hall–Kier alpha value is -0.0500. The van der Waals surface area contributed by atoms with Crippen molar-refractivity contribution < 1.29 is 9.47 Å². The molecule has 0 saturated carbocycles. The molecule has 0 aromatic rings. The average molecular weight is 179 g/mol. The van der Waals surface area contributed by atoms with Gasteiger partial charge in [-0.1, -0.05) is 12.2 Å². The fourth-order valence-electron chi connectivity index (χ4n) is 0.588. The first-order valence-electron chi connectivity index (χ1n) is 3.69. The maximum Gasteiger partial charge on any atom is 0.0647 e. The summed E-state index contributed by atoms with van der Waals surface area (Å²) in [6, 6.07) is 0. The summed E-state index contributed by atoms with van der Waals surface area (Å²) in [5.74, 6) is 0.557. The van der Waals surface area contributed by atoms with E-state index >= 15 is 0 Å². The second-order valence-electron chi connectivity index (χ2n) is 2.05. The number of hydrogen-bond acceptors (Lipinski definition) is 2. The summed E-state index contributed by atoms with van der Waals surface area (Å²) >= 11 is 5.40. The van der Waals surface area contributed by atoms with E-state index in [1.807, 2.05) is 12.2 Å². The zero-order valence-electron chi connectivity index (χ0n) is 6.88. The van der Waals surface area contributed by atoms with E-state index in [0.717, 1.165) is 19.6 Å². The summed E-state index contributed by atoms with van der Waals surface area (Å²) < 4.78 is 10.1. The van der Waals surface area contributed by atoms with Crippen molar-refractivity contribution in [2.45, 2.75) is 6.42 Å². The quantitative estimate of drug-likeness (QED) is 0.337. The normalized spacial score (nSPS) is 11.1. The zero-order chi connectivity index (χ0) is 8.36. The van der Waals surface area contributed by atoms with E-state index in [1.165, 1.54) is 0 Å². The van der Waals surface area contributed by atoms with Gasteiger partial charge in [-0.3, -0.25) is 0 Å². The minimum atomic E-state index is 0.557. The second-order valence-corrected chi connectivity index (χ2v) is 2.36. The van der Waals surface area contributed by atoms with Crippen LogP contribution in [-0.4, -0.2) is 32.8 Å². The molecule has 0 bridgehead atoms. The molecular formula is C8H15ClO2. The van der Waals surface area contributed by atoms with Gasteiger partial charge in [0.15, 0.2) is 0 Å². The maximum absolute atomic E-state index is 5.40. The van der Waals surface area contributed by atoms with Gasteiger partial charge in [0, 0.05) is 26.2 Å². The van der Waals surface area contributed by atoms with Crippen LogP contribution in [0.2, 0.25) is 0 Å². The molecule has 0 unspecified atom stereocenters. The van der Waals surface area contributed by atoms with Crippen molar-refractivity contribution >= 4 is 11.6 Å². The Balaban J connectivity index is 2.85. The number of methoxy groups -OCH3 is 1. The number of halogens is 1. The van der Waals surface area contributed by atoms with Gasteiger partial charge in [-0.05, 0) is 6.42 Å². The molecule has 0 aromatic heterocycles. The van der Waals surface area contributed by atoms with E-state index < -0.39 is 0 Å². The second kappa shape index (κ2) is 9.95. The van der Waals surface area contributed by atoms with Crippen molar-refractivity contribution in [3.05, 3.63) is 12.2 Å². The largest absolute Gasteiger partial charge is 0.385 e. The summed E-state index contributed by atoms with van der Waals surface area (Å²) in [6.07, 6.45) is 4.74. The van der Waals surface area contributed by atoms with Crippen LogP contribution in [0.5, 0.6) is 0 Å². The van der Waals surface area contributed by atoms with E-state index in [2.05, 4.69) is 0 Å². The predicted molar refractivity (Wildman–Crippen MR) is 47.2 cm³/mol. The highest BCUT2D eigenvalue weighted by atomic mass is 35.5. The minimum Gasteiger partial charge on any atom is -0.385 e. The Morgan fingerprint density at radius 2 is 2.09 bits per heavy atom. The fourth-order valence-corrected chi connectivity index (χ4v) is 0.714. The summed E-state index contributed by atoms with van der Waals surface area (Å²) in [7, 11) is 1.69. The Morgan fingerprint density at radius 3 is 2.73 bits per heavy atom. The fraction of sp³-hybridized carbons (Fsp3) is 0.750. The van der Waals surface area contributed by atoms with Gasteiger partial charge in [0.05, 0.1) is 6.61 Å². The lowest BCUT2D eigenvalue weighted by Crippen LogP contribution is -1.98. The van der Waals surface area contributed by atoms with Crippen molar-refractivity contribution in [1.82, 2.24) is 0 Å². The lowest BCUT2D eigenvalue weighted by atomic mass is 10.5. The summed E-state index contributed by atoms with van der Waals surface area (Å²) in [6.45, 7) is 2.16. The lowest BCUT2D eigenvalue weighted by molar-refractivity contribution is 0.120. The summed E-state index contributed by atoms with van der Waals surface area (Å²) in [5.41, 5.74) is 0. The third kappa shape index (κ3) is 9.95. The molecule has 2 nitrogen and oxygen atoms in total. The summed E-state index contributed by atoms with van der Waals surface area (Å²) in [5, 5.41) is 0. The van der Waals surface area contributed by atoms with Crippen LogP contribution in [0.25, 0.3) is 0 Å². The van der Waals surface area contributed by atoms with Crippen molar-refractivity contribution in [3.63, 3.8) is 0 Å². The van der Waals surface area contributed by atoms with Crippen LogP contribution in [-0.2, 0) is 9.47 Å². The highest BCUT2D eigenvalue weighted by Crippen LogP contribution is 1.85. The Bertz CT molecular complexity index is 94.1. The van der Waals surface area contributed by atoms with E-state index in [9.17, 15) is 0 Å². The highest BCUT2D eigenvalue weighted by Gasteiger charge is 1.84. The SMILES string of the molecule is COCCCOCC=CCCl. The molecule has 0 rings (SSSR count). The van der Waals surface area contributed by atoms with E-state index in [-0.39, 0.29) is 0 Å². The molecule has 0 spiro atoms. The van der Waals surface area contributed by atoms with Crippen LogP contribution in [0.3, 0.4) is 0 Å². The first-order chi connectivity index (χ1) is 5.41. The summed E-state index contributed by atoms with van der Waals surface area (Å²) in [4.78, 5) is 0. The van der Waals surface area contributed by atoms with Crippen molar-refractivity contribution in [1.29, 1.82) is 0 Å². The molecule has 0 amide bonds. The van der Waals surface area contributed by atoms with Crippen molar-refractivity contribution in [2.75, 3.05) is 32.8 Å². The highest BCUT2D eigenvalue weighted by molar-refractivity contribution is 6.18. The molecular weight excluding hydrogens is 164 g/mol. The molecule has 0 heterocycles. The first kappa shape index (κ1) is 11.0. The molecule has 0 N–H and O–H groups in total. The Labute approximate surface area is 73.1 Å². The maximum atomic E-state index is 5.40. The van der Waals surface area contributed by atoms with Crippen molar-refractivity contribution in [3.8, 4) is 0 Å². The van der Waals surface area contributed by atoms with E-state index in [1.54, 1.807) is 7.11 Å². The molecule has 11 heavy (non-hydrogen) atoms. The van der Waals surface area contributed by atoms with Gasteiger partial charge in [-0.15, -0.1) is 11.6 Å². The van der Waals surface area contributed by atoms with Crippen molar-refractivity contribution in [2.24, 2.45) is 0 Å². The van der Waals surface area contributed by atoms with Gasteiger partial charge < -0.3 is 9.47 Å². The number of rotatable bonds is 7. The molecule has 0 atom stereocenters. The molecule has 0 aliphatic heterocycles. The average Bonchev–Trinajstić information content (AvgIpc) is 2.03. The van der Waals surface area contributed by atoms with Gasteiger partial charge in [-0.2, -0.15) is 0 Å². The van der Waals surface area contributed by atoms with Gasteiger partial charge >= 0.3 is 0 Å². The molecule has 0 aliphatic carbocycles. The Kier molecular flexibility index (Phi) is 9.90. The van der Waals surface area contributed by atoms with Crippen LogP contribution in [0, 0.1) is 0 Å². The number of alkyl halides is 1. The van der Waals surface area contributed by atoms with Gasteiger partial charge in [-0.25, -0.2) is 0 Å². The third-order valence-corrected chi connectivity index (χ3v) is 1.29. The van der Waals surface area contributed by atoms with Crippen LogP contribution in [0.1, 0.15) is 6.42 Å². The van der Waals surface area contributed by atoms with Crippen LogP contribution in [0.15, 0.2) is 12.2 Å². The smallest absolute Gasteiger partial charge is 0.0647 e. The Morgan fingerprint density at radius 1 is 1.27 bits per heavy atom. The topological polar surface area (TPSA) is 18.5 Å². The van der Waals surface area contributed by atoms with E-state index in [0.29, 0.717) is 12.5 Å². The zero-order valence-corrected chi connectivity index (χ0v) is 7.64. The monoisotopic (exact) mass is 178 g/mol. The number of ether oxygens (including phenoxy) is 2. The van der Waals surface area contributed by atoms with Crippen LogP contribution >= 0.6 is 11.6 Å². The predicted octanol–water partition coefficient (Wildman–Crippen LogP) is 1.83. The lowest BCUT2D eigenvalue weighted by Gasteiger charge is -1.99. The van der Waals surface area contributed by atoms with Crippen LogP contribution < -0.4 is 0 Å². The molecule has 0 radical (unpaired) electrons. The van der Waals surface area contributed by atoms with Gasteiger partial charge in [0.2, 0.25) is 0 Å². The molecule has 66 valence electrons. The molecule has 0 aliphatic rings.